The molecular formula is C11H18N6O. The zero-order valence-corrected chi connectivity index (χ0v) is 10.9. The predicted octanol–water partition coefficient (Wildman–Crippen LogP) is 1.05. The highest BCUT2D eigenvalue weighted by molar-refractivity contribution is 5.32. The Balaban J connectivity index is 2.11. The van der Waals surface area contributed by atoms with Crippen molar-refractivity contribution in [3.05, 3.63) is 17.4 Å². The van der Waals surface area contributed by atoms with Crippen LogP contribution in [0.3, 0.4) is 0 Å². The molecule has 0 aromatic carbocycles. The number of nitrogens with two attached hydrogens (primary N) is 1. The molecule has 0 bridgehead atoms. The first-order chi connectivity index (χ1) is 8.60. The van der Waals surface area contributed by atoms with Gasteiger partial charge < -0.3 is 10.3 Å². The van der Waals surface area contributed by atoms with Crippen molar-refractivity contribution in [3.63, 3.8) is 0 Å². The Bertz CT molecular complexity index is 515. The summed E-state index contributed by atoms with van der Waals surface area (Å²) in [6, 6.07) is 0. The van der Waals surface area contributed by atoms with Crippen molar-refractivity contribution in [2.24, 2.45) is 5.92 Å². The third-order valence-electron chi connectivity index (χ3n) is 2.59. The maximum Gasteiger partial charge on any atom is 0.226 e. The third kappa shape index (κ3) is 2.66. The minimum absolute atomic E-state index is 0.439. The Morgan fingerprint density at radius 2 is 2.17 bits per heavy atom. The fraction of sp³-hybridized carbons (Fsp3) is 0.636. The summed E-state index contributed by atoms with van der Waals surface area (Å²) in [6.45, 7) is 6.66. The van der Waals surface area contributed by atoms with Crippen LogP contribution in [0.5, 0.6) is 0 Å². The van der Waals surface area contributed by atoms with Gasteiger partial charge in [-0.25, -0.2) is 4.68 Å². The van der Waals surface area contributed by atoms with Crippen molar-refractivity contribution in [3.8, 4) is 0 Å². The van der Waals surface area contributed by atoms with Crippen LogP contribution in [0.25, 0.3) is 0 Å². The van der Waals surface area contributed by atoms with E-state index in [-0.39, 0.29) is 0 Å². The maximum atomic E-state index is 5.72. The molecule has 2 aromatic rings. The van der Waals surface area contributed by atoms with E-state index in [1.165, 1.54) is 0 Å². The molecular weight excluding hydrogens is 232 g/mol. The van der Waals surface area contributed by atoms with E-state index < -0.39 is 0 Å². The van der Waals surface area contributed by atoms with Crippen LogP contribution < -0.4 is 5.73 Å². The molecule has 0 spiro atoms. The first-order valence-electron chi connectivity index (χ1n) is 6.09. The summed E-state index contributed by atoms with van der Waals surface area (Å²) in [7, 11) is 0. The van der Waals surface area contributed by atoms with E-state index >= 15 is 0 Å². The highest BCUT2D eigenvalue weighted by Crippen LogP contribution is 2.10. The van der Waals surface area contributed by atoms with E-state index in [0.717, 1.165) is 18.5 Å². The quantitative estimate of drug-likeness (QED) is 0.852. The standard InChI is InChI=1S/C11H18N6O/c1-4-8-11(12)14-16-17(8)6-9-13-10(18-15-9)5-7(2)3/h7H,4-6,12H2,1-3H3. The van der Waals surface area contributed by atoms with Gasteiger partial charge in [0.1, 0.15) is 6.54 Å². The third-order valence-corrected chi connectivity index (χ3v) is 2.59. The Morgan fingerprint density at radius 1 is 1.39 bits per heavy atom. The largest absolute Gasteiger partial charge is 0.381 e. The zero-order chi connectivity index (χ0) is 13.1. The number of nitrogen functional groups attached to an aromatic ring is 1. The summed E-state index contributed by atoms with van der Waals surface area (Å²) in [5, 5.41) is 11.7. The fourth-order valence-corrected chi connectivity index (χ4v) is 1.76. The fourth-order valence-electron chi connectivity index (χ4n) is 1.76. The molecule has 18 heavy (non-hydrogen) atoms. The Morgan fingerprint density at radius 3 is 2.83 bits per heavy atom. The molecule has 0 aliphatic heterocycles. The van der Waals surface area contributed by atoms with Crippen molar-refractivity contribution < 1.29 is 4.52 Å². The van der Waals surface area contributed by atoms with Crippen LogP contribution in [0.1, 0.15) is 38.2 Å². The van der Waals surface area contributed by atoms with Gasteiger partial charge in [-0.05, 0) is 12.3 Å². The number of anilines is 1. The van der Waals surface area contributed by atoms with Crippen molar-refractivity contribution in [2.45, 2.75) is 40.2 Å². The van der Waals surface area contributed by atoms with Gasteiger partial charge in [0.15, 0.2) is 11.6 Å². The second kappa shape index (κ2) is 5.16. The SMILES string of the molecule is CCc1c(N)nnn1Cc1noc(CC(C)C)n1. The zero-order valence-electron chi connectivity index (χ0n) is 10.9. The minimum Gasteiger partial charge on any atom is -0.381 e. The highest BCUT2D eigenvalue weighted by atomic mass is 16.5. The summed E-state index contributed by atoms with van der Waals surface area (Å²) in [5.41, 5.74) is 6.61. The lowest BCUT2D eigenvalue weighted by molar-refractivity contribution is 0.357. The van der Waals surface area contributed by atoms with E-state index in [0.29, 0.717) is 30.0 Å². The number of rotatable bonds is 5. The van der Waals surface area contributed by atoms with E-state index in [1.807, 2.05) is 6.92 Å². The van der Waals surface area contributed by atoms with Gasteiger partial charge in [-0.1, -0.05) is 31.1 Å². The minimum atomic E-state index is 0.439. The topological polar surface area (TPSA) is 95.7 Å². The normalized spacial score (nSPS) is 11.3. The van der Waals surface area contributed by atoms with Crippen molar-refractivity contribution in [1.29, 1.82) is 0 Å². The van der Waals surface area contributed by atoms with Crippen molar-refractivity contribution in [2.75, 3.05) is 5.73 Å². The molecule has 7 heteroatoms. The molecule has 2 N–H and O–H groups in total. The number of nitrogens with zero attached hydrogens (tertiary/aromatic N) is 5. The van der Waals surface area contributed by atoms with E-state index in [4.69, 9.17) is 10.3 Å². The Kier molecular flexibility index (Phi) is 3.59. The van der Waals surface area contributed by atoms with Gasteiger partial charge in [0.2, 0.25) is 5.89 Å². The van der Waals surface area contributed by atoms with E-state index in [2.05, 4.69) is 34.3 Å². The van der Waals surface area contributed by atoms with Crippen molar-refractivity contribution >= 4 is 5.82 Å². The Labute approximate surface area is 105 Å². The van der Waals surface area contributed by atoms with Crippen LogP contribution >= 0.6 is 0 Å². The molecule has 7 nitrogen and oxygen atoms in total. The van der Waals surface area contributed by atoms with E-state index in [1.54, 1.807) is 4.68 Å². The van der Waals surface area contributed by atoms with Crippen LogP contribution in [-0.2, 0) is 19.4 Å². The molecule has 0 radical (unpaired) electrons. The van der Waals surface area contributed by atoms with Crippen LogP contribution in [-0.4, -0.2) is 25.1 Å². The molecule has 0 aliphatic rings. The molecule has 0 saturated heterocycles. The predicted molar refractivity (Wildman–Crippen MR) is 65.8 cm³/mol. The average molecular weight is 250 g/mol. The number of hydrogen-bond donors (Lipinski definition) is 1. The molecule has 2 aromatic heterocycles. The maximum absolute atomic E-state index is 5.72. The van der Waals surface area contributed by atoms with E-state index in [9.17, 15) is 0 Å². The molecule has 2 heterocycles. The van der Waals surface area contributed by atoms with Crippen LogP contribution in [0.15, 0.2) is 4.52 Å². The molecule has 0 fully saturated rings. The van der Waals surface area contributed by atoms with Gasteiger partial charge in [0.05, 0.1) is 5.69 Å². The van der Waals surface area contributed by atoms with Crippen LogP contribution in [0, 0.1) is 5.92 Å². The molecule has 0 aliphatic carbocycles. The summed E-state index contributed by atoms with van der Waals surface area (Å²) in [5.74, 6) is 2.21. The molecule has 0 atom stereocenters. The van der Waals surface area contributed by atoms with Gasteiger partial charge in [-0.15, -0.1) is 5.10 Å². The summed E-state index contributed by atoms with van der Waals surface area (Å²) in [6.07, 6.45) is 1.56. The Hall–Kier alpha value is -1.92. The second-order valence-corrected chi connectivity index (χ2v) is 4.63. The van der Waals surface area contributed by atoms with Crippen molar-refractivity contribution in [1.82, 2.24) is 25.1 Å². The highest BCUT2D eigenvalue weighted by Gasteiger charge is 2.13. The van der Waals surface area contributed by atoms with Crippen LogP contribution in [0.2, 0.25) is 0 Å². The van der Waals surface area contributed by atoms with Gasteiger partial charge in [-0.3, -0.25) is 0 Å². The first kappa shape index (κ1) is 12.5. The smallest absolute Gasteiger partial charge is 0.226 e. The summed E-state index contributed by atoms with van der Waals surface area (Å²) in [4.78, 5) is 4.32. The van der Waals surface area contributed by atoms with Crippen LogP contribution in [0.4, 0.5) is 5.82 Å². The number of aromatic nitrogens is 5. The van der Waals surface area contributed by atoms with Gasteiger partial charge in [0, 0.05) is 6.42 Å². The first-order valence-corrected chi connectivity index (χ1v) is 6.09. The molecule has 0 amide bonds. The van der Waals surface area contributed by atoms with Gasteiger partial charge >= 0.3 is 0 Å². The average Bonchev–Trinajstić information content (AvgIpc) is 2.86. The van der Waals surface area contributed by atoms with Gasteiger partial charge in [-0.2, -0.15) is 4.98 Å². The second-order valence-electron chi connectivity index (χ2n) is 4.63. The van der Waals surface area contributed by atoms with Gasteiger partial charge in [0.25, 0.3) is 0 Å². The summed E-state index contributed by atoms with van der Waals surface area (Å²) < 4.78 is 6.88. The lowest BCUT2D eigenvalue weighted by atomic mass is 10.1. The lowest BCUT2D eigenvalue weighted by Crippen LogP contribution is -2.08. The number of hydrogen-bond acceptors (Lipinski definition) is 6. The molecule has 2 rings (SSSR count). The lowest BCUT2D eigenvalue weighted by Gasteiger charge is -2.00. The molecule has 0 unspecified atom stereocenters. The summed E-state index contributed by atoms with van der Waals surface area (Å²) >= 11 is 0. The molecule has 98 valence electrons. The molecule has 0 saturated carbocycles. The monoisotopic (exact) mass is 250 g/mol.